The molecule has 90 valence electrons. The van der Waals surface area contributed by atoms with E-state index in [1.54, 1.807) is 19.2 Å². The van der Waals surface area contributed by atoms with Crippen LogP contribution in [0.3, 0.4) is 0 Å². The summed E-state index contributed by atoms with van der Waals surface area (Å²) in [5, 5.41) is 3.38. The standard InChI is InChI=1S/C12H17BrFNO/c1-8(7-16-3)15-9(2)10-4-5-12(14)11(13)6-10/h4-6,8-9,15H,7H2,1-3H3. The summed E-state index contributed by atoms with van der Waals surface area (Å²) in [7, 11) is 1.68. The Morgan fingerprint density at radius 3 is 2.69 bits per heavy atom. The van der Waals surface area contributed by atoms with Crippen molar-refractivity contribution >= 4 is 15.9 Å². The lowest BCUT2D eigenvalue weighted by Gasteiger charge is -2.20. The van der Waals surface area contributed by atoms with Gasteiger partial charge in [0.15, 0.2) is 0 Å². The predicted molar refractivity (Wildman–Crippen MR) is 67.0 cm³/mol. The maximum Gasteiger partial charge on any atom is 0.137 e. The van der Waals surface area contributed by atoms with Gasteiger partial charge >= 0.3 is 0 Å². The normalized spacial score (nSPS) is 14.8. The number of hydrogen-bond donors (Lipinski definition) is 1. The van der Waals surface area contributed by atoms with Crippen LogP contribution in [0.5, 0.6) is 0 Å². The molecule has 0 saturated heterocycles. The average Bonchev–Trinajstić information content (AvgIpc) is 2.22. The number of methoxy groups -OCH3 is 1. The molecule has 2 unspecified atom stereocenters. The quantitative estimate of drug-likeness (QED) is 0.898. The Labute approximate surface area is 104 Å². The zero-order chi connectivity index (χ0) is 12.1. The van der Waals surface area contributed by atoms with Gasteiger partial charge in [0.05, 0.1) is 11.1 Å². The Kier molecular flexibility index (Phi) is 5.38. The van der Waals surface area contributed by atoms with Crippen LogP contribution in [-0.2, 0) is 4.74 Å². The minimum Gasteiger partial charge on any atom is -0.383 e. The molecule has 0 amide bonds. The number of halogens is 2. The second-order valence-corrected chi connectivity index (χ2v) is 4.77. The summed E-state index contributed by atoms with van der Waals surface area (Å²) in [6.45, 7) is 4.76. The Bertz CT molecular complexity index is 346. The molecule has 0 aromatic heterocycles. The molecule has 0 spiro atoms. The van der Waals surface area contributed by atoms with Crippen LogP contribution in [0.1, 0.15) is 25.5 Å². The molecule has 0 heterocycles. The van der Waals surface area contributed by atoms with Crippen molar-refractivity contribution in [3.63, 3.8) is 0 Å². The van der Waals surface area contributed by atoms with E-state index < -0.39 is 0 Å². The first-order valence-corrected chi connectivity index (χ1v) is 6.03. The van der Waals surface area contributed by atoms with E-state index in [0.717, 1.165) is 5.56 Å². The highest BCUT2D eigenvalue weighted by Gasteiger charge is 2.10. The summed E-state index contributed by atoms with van der Waals surface area (Å²) in [4.78, 5) is 0. The second kappa shape index (κ2) is 6.33. The Morgan fingerprint density at radius 2 is 2.12 bits per heavy atom. The Balaban J connectivity index is 2.65. The molecule has 0 aliphatic carbocycles. The molecular formula is C12H17BrFNO. The molecule has 1 N–H and O–H groups in total. The van der Waals surface area contributed by atoms with E-state index in [0.29, 0.717) is 11.1 Å². The number of rotatable bonds is 5. The van der Waals surface area contributed by atoms with Gasteiger partial charge in [-0.25, -0.2) is 4.39 Å². The van der Waals surface area contributed by atoms with Gasteiger partial charge in [-0.2, -0.15) is 0 Å². The first-order chi connectivity index (χ1) is 7.54. The molecule has 0 bridgehead atoms. The highest BCUT2D eigenvalue weighted by atomic mass is 79.9. The van der Waals surface area contributed by atoms with Crippen molar-refractivity contribution in [2.45, 2.75) is 25.9 Å². The maximum absolute atomic E-state index is 13.1. The smallest absolute Gasteiger partial charge is 0.137 e. The third kappa shape index (κ3) is 3.85. The summed E-state index contributed by atoms with van der Waals surface area (Å²) in [6.07, 6.45) is 0. The fourth-order valence-electron chi connectivity index (χ4n) is 1.60. The highest BCUT2D eigenvalue weighted by molar-refractivity contribution is 9.10. The number of hydrogen-bond acceptors (Lipinski definition) is 2. The third-order valence-electron chi connectivity index (χ3n) is 2.39. The molecular weight excluding hydrogens is 273 g/mol. The molecule has 2 atom stereocenters. The topological polar surface area (TPSA) is 21.3 Å². The van der Waals surface area contributed by atoms with Crippen LogP contribution in [0.4, 0.5) is 4.39 Å². The van der Waals surface area contributed by atoms with Crippen LogP contribution in [0, 0.1) is 5.82 Å². The van der Waals surface area contributed by atoms with Gasteiger partial charge in [-0.15, -0.1) is 0 Å². The SMILES string of the molecule is COCC(C)NC(C)c1ccc(F)c(Br)c1. The molecule has 0 saturated carbocycles. The molecule has 0 aliphatic rings. The lowest BCUT2D eigenvalue weighted by atomic mass is 10.1. The lowest BCUT2D eigenvalue weighted by molar-refractivity contribution is 0.167. The van der Waals surface area contributed by atoms with E-state index in [4.69, 9.17) is 4.74 Å². The van der Waals surface area contributed by atoms with Crippen LogP contribution in [0.15, 0.2) is 22.7 Å². The molecule has 0 fully saturated rings. The summed E-state index contributed by atoms with van der Waals surface area (Å²) in [5.74, 6) is -0.235. The van der Waals surface area contributed by atoms with Gasteiger partial charge in [-0.05, 0) is 47.5 Å². The van der Waals surface area contributed by atoms with Gasteiger partial charge in [0, 0.05) is 19.2 Å². The third-order valence-corrected chi connectivity index (χ3v) is 3.00. The van der Waals surface area contributed by atoms with Crippen molar-refractivity contribution in [2.75, 3.05) is 13.7 Å². The van der Waals surface area contributed by atoms with E-state index in [-0.39, 0.29) is 17.9 Å². The van der Waals surface area contributed by atoms with E-state index in [1.165, 1.54) is 6.07 Å². The zero-order valence-electron chi connectivity index (χ0n) is 9.76. The van der Waals surface area contributed by atoms with Crippen molar-refractivity contribution in [3.8, 4) is 0 Å². The largest absolute Gasteiger partial charge is 0.383 e. The van der Waals surface area contributed by atoms with E-state index >= 15 is 0 Å². The monoisotopic (exact) mass is 289 g/mol. The molecule has 4 heteroatoms. The van der Waals surface area contributed by atoms with Crippen molar-refractivity contribution in [3.05, 3.63) is 34.1 Å². The van der Waals surface area contributed by atoms with Crippen LogP contribution in [0.25, 0.3) is 0 Å². The van der Waals surface area contributed by atoms with E-state index in [1.807, 2.05) is 6.92 Å². The van der Waals surface area contributed by atoms with Gasteiger partial charge in [-0.3, -0.25) is 0 Å². The van der Waals surface area contributed by atoms with Gasteiger partial charge in [0.25, 0.3) is 0 Å². The fraction of sp³-hybridized carbons (Fsp3) is 0.500. The summed E-state index contributed by atoms with van der Waals surface area (Å²) in [5.41, 5.74) is 1.05. The first kappa shape index (κ1) is 13.6. The van der Waals surface area contributed by atoms with Crippen molar-refractivity contribution in [1.29, 1.82) is 0 Å². The summed E-state index contributed by atoms with van der Waals surface area (Å²) < 4.78 is 18.6. The Morgan fingerprint density at radius 1 is 1.44 bits per heavy atom. The molecule has 1 aromatic rings. The van der Waals surface area contributed by atoms with Gasteiger partial charge < -0.3 is 10.1 Å². The number of ether oxygens (including phenoxy) is 1. The second-order valence-electron chi connectivity index (χ2n) is 3.92. The van der Waals surface area contributed by atoms with Gasteiger partial charge in [-0.1, -0.05) is 6.07 Å². The van der Waals surface area contributed by atoms with Crippen molar-refractivity contribution in [1.82, 2.24) is 5.32 Å². The van der Waals surface area contributed by atoms with Crippen LogP contribution >= 0.6 is 15.9 Å². The van der Waals surface area contributed by atoms with Crippen LogP contribution in [0.2, 0.25) is 0 Å². The maximum atomic E-state index is 13.1. The molecule has 1 rings (SSSR count). The molecule has 16 heavy (non-hydrogen) atoms. The lowest BCUT2D eigenvalue weighted by Crippen LogP contribution is -2.32. The minimum atomic E-state index is -0.235. The molecule has 1 aromatic carbocycles. The summed E-state index contributed by atoms with van der Waals surface area (Å²) >= 11 is 3.18. The highest BCUT2D eigenvalue weighted by Crippen LogP contribution is 2.21. The zero-order valence-corrected chi connectivity index (χ0v) is 11.3. The number of nitrogens with one attached hydrogen (secondary N) is 1. The van der Waals surface area contributed by atoms with E-state index in [2.05, 4.69) is 28.2 Å². The van der Waals surface area contributed by atoms with Gasteiger partial charge in [0.2, 0.25) is 0 Å². The van der Waals surface area contributed by atoms with Crippen molar-refractivity contribution < 1.29 is 9.13 Å². The molecule has 0 aliphatic heterocycles. The predicted octanol–water partition coefficient (Wildman–Crippen LogP) is 3.27. The Hall–Kier alpha value is -0.450. The first-order valence-electron chi connectivity index (χ1n) is 5.24. The minimum absolute atomic E-state index is 0.169. The number of benzene rings is 1. The van der Waals surface area contributed by atoms with Crippen molar-refractivity contribution in [2.24, 2.45) is 0 Å². The van der Waals surface area contributed by atoms with E-state index in [9.17, 15) is 4.39 Å². The molecule has 2 nitrogen and oxygen atoms in total. The fourth-order valence-corrected chi connectivity index (χ4v) is 2.00. The van der Waals surface area contributed by atoms with Crippen LogP contribution < -0.4 is 5.32 Å². The van der Waals surface area contributed by atoms with Gasteiger partial charge in [0.1, 0.15) is 5.82 Å². The average molecular weight is 290 g/mol. The summed E-state index contributed by atoms with van der Waals surface area (Å²) in [6, 6.07) is 5.49. The molecule has 0 radical (unpaired) electrons. The van der Waals surface area contributed by atoms with Crippen LogP contribution in [-0.4, -0.2) is 19.8 Å².